The van der Waals surface area contributed by atoms with Gasteiger partial charge in [0.05, 0.1) is 39.0 Å². The van der Waals surface area contributed by atoms with Gasteiger partial charge in [-0.15, -0.1) is 0 Å². The molecule has 0 spiro atoms. The number of nitrogens with zero attached hydrogens (tertiary/aromatic N) is 5. The van der Waals surface area contributed by atoms with Crippen molar-refractivity contribution in [3.8, 4) is 62.1 Å². The van der Waals surface area contributed by atoms with Crippen molar-refractivity contribution in [3.05, 3.63) is 236 Å². The van der Waals surface area contributed by atoms with Gasteiger partial charge in [-0.25, -0.2) is 9.97 Å². The Kier molecular flexibility index (Phi) is 8.68. The topological polar surface area (TPSA) is 40.6 Å². The molecule has 0 N–H and O–H groups in total. The minimum absolute atomic E-state index is 0.688. The van der Waals surface area contributed by atoms with Crippen molar-refractivity contribution in [2.45, 2.75) is 6.92 Å². The second kappa shape index (κ2) is 15.2. The molecular formula is C61H41N5. The van der Waals surface area contributed by atoms with Crippen molar-refractivity contribution in [3.63, 3.8) is 0 Å². The fourth-order valence-electron chi connectivity index (χ4n) is 10.1. The number of fused-ring (bicyclic) bond motifs is 8. The lowest BCUT2D eigenvalue weighted by atomic mass is 10.0. The van der Waals surface area contributed by atoms with Gasteiger partial charge in [0.15, 0.2) is 5.82 Å². The standard InChI is InChI=1S/C61H41N5/c1-40-34-45(61-62-54(41-16-6-2-7-17-41)39-55(63-61)42-18-8-3-9-19-42)36-48(35-40)66-59-30-27-44(38-53(59)50-28-31-56-51(60(50)66)32-33-64(56)46-20-10-4-11-21-46)43-26-29-58-52(37-43)49-24-14-15-25-57(49)65(58)47-22-12-5-13-23-47/h2-39H,1H3. The highest BCUT2D eigenvalue weighted by Crippen LogP contribution is 2.42. The van der Waals surface area contributed by atoms with Gasteiger partial charge in [0, 0.05) is 66.9 Å². The third kappa shape index (κ3) is 6.16. The fourth-order valence-corrected chi connectivity index (χ4v) is 10.1. The first-order valence-corrected chi connectivity index (χ1v) is 22.5. The fraction of sp³-hybridized carbons (Fsp3) is 0.0164. The van der Waals surface area contributed by atoms with E-state index < -0.39 is 0 Å². The maximum Gasteiger partial charge on any atom is 0.160 e. The van der Waals surface area contributed by atoms with Crippen LogP contribution >= 0.6 is 0 Å². The number of para-hydroxylation sites is 3. The molecule has 310 valence electrons. The van der Waals surface area contributed by atoms with Crippen LogP contribution in [0.4, 0.5) is 0 Å². The predicted molar refractivity (Wildman–Crippen MR) is 274 cm³/mol. The van der Waals surface area contributed by atoms with E-state index in [2.05, 4.69) is 239 Å². The molecule has 13 aromatic rings. The Morgan fingerprint density at radius 3 is 1.53 bits per heavy atom. The molecule has 66 heavy (non-hydrogen) atoms. The van der Waals surface area contributed by atoms with Crippen molar-refractivity contribution in [2.24, 2.45) is 0 Å². The normalized spacial score (nSPS) is 11.7. The zero-order chi connectivity index (χ0) is 43.7. The number of aromatic nitrogens is 5. The molecule has 0 unspecified atom stereocenters. The summed E-state index contributed by atoms with van der Waals surface area (Å²) < 4.78 is 7.12. The summed E-state index contributed by atoms with van der Waals surface area (Å²) in [5, 5.41) is 6.05. The zero-order valence-electron chi connectivity index (χ0n) is 36.2. The maximum atomic E-state index is 5.25. The highest BCUT2D eigenvalue weighted by atomic mass is 15.0. The van der Waals surface area contributed by atoms with E-state index in [0.29, 0.717) is 5.82 Å². The number of rotatable bonds is 7. The molecule has 9 aromatic carbocycles. The summed E-state index contributed by atoms with van der Waals surface area (Å²) in [6.07, 6.45) is 2.20. The van der Waals surface area contributed by atoms with E-state index in [1.807, 2.05) is 12.1 Å². The number of aryl methyl sites for hydroxylation is 1. The largest absolute Gasteiger partial charge is 0.316 e. The van der Waals surface area contributed by atoms with E-state index in [0.717, 1.165) is 67.3 Å². The van der Waals surface area contributed by atoms with Gasteiger partial charge < -0.3 is 13.7 Å². The van der Waals surface area contributed by atoms with E-state index in [1.54, 1.807) is 0 Å². The minimum atomic E-state index is 0.688. The zero-order valence-corrected chi connectivity index (χ0v) is 36.2. The number of hydrogen-bond acceptors (Lipinski definition) is 2. The SMILES string of the molecule is Cc1cc(-c2nc(-c3ccccc3)cc(-c3ccccc3)n2)cc(-n2c3ccc(-c4ccc5c(c4)c4ccccc4n5-c4ccccc4)cc3c3ccc4c(ccn4-c4ccccc4)c32)c1. The van der Waals surface area contributed by atoms with Gasteiger partial charge in [-0.3, -0.25) is 0 Å². The quantitative estimate of drug-likeness (QED) is 0.160. The van der Waals surface area contributed by atoms with Crippen molar-refractivity contribution >= 4 is 54.5 Å². The monoisotopic (exact) mass is 843 g/mol. The van der Waals surface area contributed by atoms with E-state index >= 15 is 0 Å². The molecule has 13 rings (SSSR count). The van der Waals surface area contributed by atoms with Crippen LogP contribution in [0.2, 0.25) is 0 Å². The molecule has 0 amide bonds. The van der Waals surface area contributed by atoms with Crippen LogP contribution in [-0.2, 0) is 0 Å². The first kappa shape index (κ1) is 37.7. The first-order chi connectivity index (χ1) is 32.6. The summed E-state index contributed by atoms with van der Waals surface area (Å²) in [5.41, 5.74) is 17.5. The van der Waals surface area contributed by atoms with Crippen molar-refractivity contribution in [2.75, 3.05) is 0 Å². The Hall–Kier alpha value is -8.80. The van der Waals surface area contributed by atoms with Crippen molar-refractivity contribution in [1.82, 2.24) is 23.7 Å². The maximum absolute atomic E-state index is 5.25. The highest BCUT2D eigenvalue weighted by Gasteiger charge is 2.21. The summed E-state index contributed by atoms with van der Waals surface area (Å²) in [6.45, 7) is 2.17. The molecular weight excluding hydrogens is 803 g/mol. The Morgan fingerprint density at radius 2 is 0.864 bits per heavy atom. The molecule has 0 radical (unpaired) electrons. The molecule has 4 aromatic heterocycles. The minimum Gasteiger partial charge on any atom is -0.316 e. The van der Waals surface area contributed by atoms with E-state index in [1.165, 1.54) is 49.1 Å². The molecule has 0 saturated carbocycles. The molecule has 0 saturated heterocycles. The lowest BCUT2D eigenvalue weighted by molar-refractivity contribution is 1.13. The summed E-state index contributed by atoms with van der Waals surface area (Å²) in [4.78, 5) is 10.5. The van der Waals surface area contributed by atoms with Crippen molar-refractivity contribution in [1.29, 1.82) is 0 Å². The molecule has 5 heteroatoms. The third-order valence-electron chi connectivity index (χ3n) is 13.1. The average molecular weight is 844 g/mol. The molecule has 5 nitrogen and oxygen atoms in total. The second-order valence-corrected chi connectivity index (χ2v) is 17.2. The van der Waals surface area contributed by atoms with Gasteiger partial charge >= 0.3 is 0 Å². The predicted octanol–water partition coefficient (Wildman–Crippen LogP) is 15.6. The molecule has 0 atom stereocenters. The Labute approximate surface area is 381 Å². The van der Waals surface area contributed by atoms with Crippen LogP contribution in [0.1, 0.15) is 5.56 Å². The van der Waals surface area contributed by atoms with Gasteiger partial charge in [-0.2, -0.15) is 0 Å². The second-order valence-electron chi connectivity index (χ2n) is 17.2. The molecule has 0 aliphatic carbocycles. The van der Waals surface area contributed by atoms with Crippen LogP contribution in [0.3, 0.4) is 0 Å². The number of benzene rings is 9. The van der Waals surface area contributed by atoms with Crippen LogP contribution in [0.5, 0.6) is 0 Å². The average Bonchev–Trinajstić information content (AvgIpc) is 4.07. The lowest BCUT2D eigenvalue weighted by Crippen LogP contribution is -1.99. The van der Waals surface area contributed by atoms with Gasteiger partial charge in [0.1, 0.15) is 0 Å². The molecule has 0 bridgehead atoms. The van der Waals surface area contributed by atoms with E-state index in [9.17, 15) is 0 Å². The van der Waals surface area contributed by atoms with Gasteiger partial charge in [-0.1, -0.05) is 133 Å². The van der Waals surface area contributed by atoms with E-state index in [4.69, 9.17) is 9.97 Å². The Balaban J connectivity index is 1.03. The summed E-state index contributed by atoms with van der Waals surface area (Å²) >= 11 is 0. The van der Waals surface area contributed by atoms with Crippen LogP contribution in [0.15, 0.2) is 231 Å². The van der Waals surface area contributed by atoms with Crippen LogP contribution in [0, 0.1) is 6.92 Å². The molecule has 0 aliphatic rings. The highest BCUT2D eigenvalue weighted by molar-refractivity contribution is 6.19. The van der Waals surface area contributed by atoms with Gasteiger partial charge in [-0.05, 0) is 115 Å². The van der Waals surface area contributed by atoms with Crippen LogP contribution in [-0.4, -0.2) is 23.7 Å². The molecule has 0 aliphatic heterocycles. The van der Waals surface area contributed by atoms with Crippen LogP contribution in [0.25, 0.3) is 117 Å². The van der Waals surface area contributed by atoms with Crippen LogP contribution < -0.4 is 0 Å². The van der Waals surface area contributed by atoms with Gasteiger partial charge in [0.25, 0.3) is 0 Å². The molecule has 0 fully saturated rings. The Morgan fingerprint density at radius 1 is 0.318 bits per heavy atom. The third-order valence-corrected chi connectivity index (χ3v) is 13.1. The van der Waals surface area contributed by atoms with Crippen molar-refractivity contribution < 1.29 is 0 Å². The summed E-state index contributed by atoms with van der Waals surface area (Å²) in [5.74, 6) is 0.688. The van der Waals surface area contributed by atoms with E-state index in [-0.39, 0.29) is 0 Å². The Bertz CT molecular complexity index is 3920. The number of hydrogen-bond donors (Lipinski definition) is 0. The molecule has 4 heterocycles. The lowest BCUT2D eigenvalue weighted by Gasteiger charge is -2.14. The first-order valence-electron chi connectivity index (χ1n) is 22.5. The summed E-state index contributed by atoms with van der Waals surface area (Å²) in [6, 6.07) is 80.4. The smallest absolute Gasteiger partial charge is 0.160 e. The van der Waals surface area contributed by atoms with Gasteiger partial charge in [0.2, 0.25) is 0 Å². The summed E-state index contributed by atoms with van der Waals surface area (Å²) in [7, 11) is 0.